The minimum atomic E-state index is -0.288. The van der Waals surface area contributed by atoms with Crippen molar-refractivity contribution in [2.45, 2.75) is 110 Å². The molecule has 2 unspecified atom stereocenters. The summed E-state index contributed by atoms with van der Waals surface area (Å²) in [4.78, 5) is 28.0. The molecule has 0 amide bonds. The molecule has 2 atom stereocenters. The first-order chi connectivity index (χ1) is 18.1. The number of carbonyl (C=O) groups is 2. The maximum atomic E-state index is 12.8. The Hall–Kier alpha value is -0.520. The third kappa shape index (κ3) is 6.51. The van der Waals surface area contributed by atoms with E-state index in [1.807, 2.05) is 23.5 Å². The van der Waals surface area contributed by atoms with Crippen LogP contribution in [0.4, 0.5) is 0 Å². The lowest BCUT2D eigenvalue weighted by Gasteiger charge is -2.34. The molecule has 0 aromatic carbocycles. The van der Waals surface area contributed by atoms with Gasteiger partial charge >= 0.3 is 0 Å². The Labute approximate surface area is 256 Å². The van der Waals surface area contributed by atoms with Crippen LogP contribution in [0.3, 0.4) is 0 Å². The average molecular weight is 625 g/mol. The standard InChI is InChI=1S/C28H36N2O2S6/c1-4-28(3,30-25(34)16-23-21(27(30)36)11-14-38-23)12-9-19(32)8-7-18(31)6-5-17(2)29-24(33)15-22-20(26(29)35)10-13-37-22/h15-17,35-36H,4-14H2,1-3H3. The fraction of sp³-hybridized carbons (Fsp3) is 0.571. The summed E-state index contributed by atoms with van der Waals surface area (Å²) in [5, 5.41) is 1.86. The Bertz CT molecular complexity index is 1360. The minimum absolute atomic E-state index is 0.0848. The predicted octanol–water partition coefficient (Wildman–Crippen LogP) is 8.49. The maximum Gasteiger partial charge on any atom is 0.133 e. The van der Waals surface area contributed by atoms with E-state index in [2.05, 4.69) is 42.0 Å². The molecule has 2 aromatic rings. The summed E-state index contributed by atoms with van der Waals surface area (Å²) in [6, 6.07) is 4.24. The molecule has 4 rings (SSSR count). The first kappa shape index (κ1) is 30.4. The fourth-order valence-corrected chi connectivity index (χ4v) is 9.89. The normalized spacial score (nSPS) is 16.7. The molecule has 0 N–H and O–H groups in total. The molecular formula is C28H36N2O2S6. The summed E-state index contributed by atoms with van der Waals surface area (Å²) in [5.41, 5.74) is 2.24. The van der Waals surface area contributed by atoms with Crippen LogP contribution in [0.25, 0.3) is 0 Å². The molecule has 206 valence electrons. The Morgan fingerprint density at radius 3 is 2.11 bits per heavy atom. The number of rotatable bonds is 12. The Morgan fingerprint density at radius 1 is 0.947 bits per heavy atom. The fourth-order valence-electron chi connectivity index (χ4n) is 5.33. The van der Waals surface area contributed by atoms with Crippen molar-refractivity contribution >= 4 is 84.8 Å². The summed E-state index contributed by atoms with van der Waals surface area (Å²) >= 11 is 24.7. The molecular weight excluding hydrogens is 589 g/mol. The Morgan fingerprint density at radius 2 is 1.50 bits per heavy atom. The number of hydrogen-bond donors (Lipinski definition) is 2. The van der Waals surface area contributed by atoms with Gasteiger partial charge in [0.25, 0.3) is 0 Å². The second-order valence-corrected chi connectivity index (χ2v) is 14.5. The van der Waals surface area contributed by atoms with Crippen LogP contribution in [-0.2, 0) is 28.0 Å². The third-order valence-corrected chi connectivity index (χ3v) is 11.7. The molecule has 0 spiro atoms. The number of Topliss-reactive ketones (excluding diaryl/α,β-unsaturated/α-hetero) is 2. The number of carbonyl (C=O) groups excluding carboxylic acids is 2. The van der Waals surface area contributed by atoms with E-state index in [9.17, 15) is 9.59 Å². The SMILES string of the molecule is CCC(C)(CCC(=O)CCC(=O)CCC(C)n1c(S)c2c(cc1=S)SCC2)n1c(S)c2c(cc1=S)SCC2. The molecule has 10 heteroatoms. The van der Waals surface area contributed by atoms with Gasteiger partial charge < -0.3 is 9.13 Å². The molecule has 0 aliphatic carbocycles. The summed E-state index contributed by atoms with van der Waals surface area (Å²) in [7, 11) is 0. The second-order valence-electron chi connectivity index (χ2n) is 10.5. The van der Waals surface area contributed by atoms with Crippen LogP contribution in [0.15, 0.2) is 32.0 Å². The van der Waals surface area contributed by atoms with Crippen molar-refractivity contribution in [2.75, 3.05) is 11.5 Å². The highest BCUT2D eigenvalue weighted by Gasteiger charge is 2.30. The van der Waals surface area contributed by atoms with E-state index < -0.39 is 0 Å². The van der Waals surface area contributed by atoms with Crippen LogP contribution >= 0.6 is 73.2 Å². The van der Waals surface area contributed by atoms with Crippen molar-refractivity contribution in [3.05, 3.63) is 32.5 Å². The highest BCUT2D eigenvalue weighted by molar-refractivity contribution is 8.00. The predicted molar refractivity (Wildman–Crippen MR) is 170 cm³/mol. The lowest BCUT2D eigenvalue weighted by molar-refractivity contribution is -0.124. The smallest absolute Gasteiger partial charge is 0.133 e. The van der Waals surface area contributed by atoms with Crippen LogP contribution < -0.4 is 0 Å². The van der Waals surface area contributed by atoms with Crippen molar-refractivity contribution in [2.24, 2.45) is 0 Å². The number of ketones is 2. The van der Waals surface area contributed by atoms with Crippen molar-refractivity contribution in [3.63, 3.8) is 0 Å². The summed E-state index contributed by atoms with van der Waals surface area (Å²) in [6.07, 6.45) is 5.68. The number of hydrogen-bond acceptors (Lipinski definition) is 8. The van der Waals surface area contributed by atoms with Crippen molar-refractivity contribution < 1.29 is 9.59 Å². The van der Waals surface area contributed by atoms with Gasteiger partial charge in [0.05, 0.1) is 10.1 Å². The highest BCUT2D eigenvalue weighted by Crippen LogP contribution is 2.40. The van der Waals surface area contributed by atoms with E-state index in [1.54, 1.807) is 0 Å². The van der Waals surface area contributed by atoms with Gasteiger partial charge in [0, 0.05) is 58.6 Å². The van der Waals surface area contributed by atoms with Gasteiger partial charge in [0.2, 0.25) is 0 Å². The maximum absolute atomic E-state index is 12.8. The van der Waals surface area contributed by atoms with Gasteiger partial charge in [-0.2, -0.15) is 0 Å². The van der Waals surface area contributed by atoms with Crippen molar-refractivity contribution in [1.82, 2.24) is 9.13 Å². The van der Waals surface area contributed by atoms with E-state index >= 15 is 0 Å². The zero-order valence-corrected chi connectivity index (χ0v) is 27.3. The lowest BCUT2D eigenvalue weighted by atomic mass is 9.90. The van der Waals surface area contributed by atoms with E-state index in [0.717, 1.165) is 50.1 Å². The molecule has 38 heavy (non-hydrogen) atoms. The first-order valence-electron chi connectivity index (χ1n) is 13.3. The average Bonchev–Trinajstić information content (AvgIpc) is 3.54. The number of fused-ring (bicyclic) bond motifs is 2. The van der Waals surface area contributed by atoms with Gasteiger partial charge in [-0.15, -0.1) is 48.8 Å². The van der Waals surface area contributed by atoms with Crippen LogP contribution in [0.5, 0.6) is 0 Å². The second kappa shape index (κ2) is 13.0. The lowest BCUT2D eigenvalue weighted by Crippen LogP contribution is -2.32. The summed E-state index contributed by atoms with van der Waals surface area (Å²) in [6.45, 7) is 6.39. The molecule has 0 radical (unpaired) electrons. The van der Waals surface area contributed by atoms with E-state index in [4.69, 9.17) is 49.7 Å². The number of nitrogens with zero attached hydrogens (tertiary/aromatic N) is 2. The molecule has 4 heterocycles. The molecule has 0 fully saturated rings. The Balaban J connectivity index is 1.29. The molecule has 0 bridgehead atoms. The summed E-state index contributed by atoms with van der Waals surface area (Å²) < 4.78 is 5.76. The van der Waals surface area contributed by atoms with Crippen molar-refractivity contribution in [1.29, 1.82) is 0 Å². The molecule has 0 saturated carbocycles. The number of thiol groups is 2. The van der Waals surface area contributed by atoms with Crippen LogP contribution in [0, 0.1) is 9.28 Å². The van der Waals surface area contributed by atoms with Gasteiger partial charge in [-0.25, -0.2) is 0 Å². The Kier molecular flexibility index (Phi) is 10.4. The van der Waals surface area contributed by atoms with E-state index in [-0.39, 0.29) is 23.1 Å². The monoisotopic (exact) mass is 624 g/mol. The topological polar surface area (TPSA) is 44.0 Å². The minimum Gasteiger partial charge on any atom is -0.324 e. The molecule has 0 saturated heterocycles. The molecule has 2 aromatic heterocycles. The molecule has 2 aliphatic heterocycles. The van der Waals surface area contributed by atoms with E-state index in [0.29, 0.717) is 38.5 Å². The molecule has 4 nitrogen and oxygen atoms in total. The highest BCUT2D eigenvalue weighted by atomic mass is 32.2. The van der Waals surface area contributed by atoms with Gasteiger partial charge in [-0.05, 0) is 69.2 Å². The van der Waals surface area contributed by atoms with Gasteiger partial charge in [0.15, 0.2) is 0 Å². The zero-order valence-electron chi connectivity index (χ0n) is 22.2. The van der Waals surface area contributed by atoms with Crippen molar-refractivity contribution in [3.8, 4) is 0 Å². The first-order valence-corrected chi connectivity index (χ1v) is 17.0. The third-order valence-electron chi connectivity index (χ3n) is 7.97. The summed E-state index contributed by atoms with van der Waals surface area (Å²) in [5.74, 6) is 2.38. The van der Waals surface area contributed by atoms with Crippen LogP contribution in [-0.4, -0.2) is 32.2 Å². The number of pyridine rings is 2. The number of aromatic nitrogens is 2. The number of thioether (sulfide) groups is 2. The zero-order chi connectivity index (χ0) is 27.6. The van der Waals surface area contributed by atoms with Crippen LogP contribution in [0.1, 0.15) is 82.9 Å². The molecule has 2 aliphatic rings. The van der Waals surface area contributed by atoms with Gasteiger partial charge in [-0.1, -0.05) is 31.4 Å². The van der Waals surface area contributed by atoms with E-state index in [1.165, 1.54) is 20.9 Å². The van der Waals surface area contributed by atoms with Gasteiger partial charge in [-0.3, -0.25) is 9.59 Å². The largest absolute Gasteiger partial charge is 0.324 e. The quantitative estimate of drug-likeness (QED) is 0.182. The van der Waals surface area contributed by atoms with Crippen LogP contribution in [0.2, 0.25) is 0 Å². The van der Waals surface area contributed by atoms with Gasteiger partial charge in [0.1, 0.15) is 20.8 Å².